The van der Waals surface area contributed by atoms with Crippen LogP contribution in [-0.2, 0) is 9.59 Å². The average molecular weight is 389 g/mol. The van der Waals surface area contributed by atoms with Gasteiger partial charge in [-0.1, -0.05) is 23.7 Å². The molecule has 3 amide bonds. The molecule has 0 unspecified atom stereocenters. The topological polar surface area (TPSA) is 122 Å². The lowest BCUT2D eigenvalue weighted by Crippen LogP contribution is -2.48. The molecule has 1 fully saturated rings. The molecule has 0 aliphatic carbocycles. The van der Waals surface area contributed by atoms with Crippen LogP contribution in [0.15, 0.2) is 48.5 Å². The third-order valence-corrected chi connectivity index (χ3v) is 4.19. The number of imide groups is 1. The summed E-state index contributed by atoms with van der Waals surface area (Å²) in [6, 6.07) is 10.6. The summed E-state index contributed by atoms with van der Waals surface area (Å²) in [5.41, 5.74) is 4.56. The maximum atomic E-state index is 12.5. The fourth-order valence-electron chi connectivity index (χ4n) is 2.65. The van der Waals surface area contributed by atoms with Gasteiger partial charge in [-0.05, 0) is 30.3 Å². The van der Waals surface area contributed by atoms with Crippen molar-refractivity contribution in [3.05, 3.63) is 69.2 Å². The van der Waals surface area contributed by atoms with E-state index in [2.05, 4.69) is 10.9 Å². The Morgan fingerprint density at radius 2 is 1.81 bits per heavy atom. The summed E-state index contributed by atoms with van der Waals surface area (Å²) in [6.07, 6.45) is -0.168. The highest BCUT2D eigenvalue weighted by Gasteiger charge is 2.39. The average Bonchev–Trinajstić information content (AvgIpc) is 2.94. The smallest absolute Gasteiger partial charge is 0.282 e. The molecule has 1 heterocycles. The molecule has 2 N–H and O–H groups in total. The van der Waals surface area contributed by atoms with Crippen LogP contribution in [0.3, 0.4) is 0 Å². The molecule has 1 aliphatic rings. The molecule has 27 heavy (non-hydrogen) atoms. The van der Waals surface area contributed by atoms with Crippen LogP contribution in [0.1, 0.15) is 16.8 Å². The minimum absolute atomic E-state index is 0.165. The van der Waals surface area contributed by atoms with Crippen LogP contribution in [0.25, 0.3) is 0 Å². The van der Waals surface area contributed by atoms with Crippen molar-refractivity contribution in [1.82, 2.24) is 10.9 Å². The van der Waals surface area contributed by atoms with Gasteiger partial charge in [0.15, 0.2) is 0 Å². The van der Waals surface area contributed by atoms with E-state index in [0.29, 0.717) is 10.7 Å². The summed E-state index contributed by atoms with van der Waals surface area (Å²) in [5.74, 6) is -1.78. The zero-order chi connectivity index (χ0) is 19.6. The van der Waals surface area contributed by atoms with Gasteiger partial charge in [0.25, 0.3) is 17.5 Å². The van der Waals surface area contributed by atoms with Gasteiger partial charge in [0.05, 0.1) is 17.0 Å². The van der Waals surface area contributed by atoms with Crippen LogP contribution in [0.5, 0.6) is 0 Å². The van der Waals surface area contributed by atoms with Crippen molar-refractivity contribution in [2.24, 2.45) is 0 Å². The number of rotatable bonds is 5. The SMILES string of the molecule is O=C(NN[C@H]1CC(=O)N(c2ccc(Cl)cc2)C1=O)c1ccccc1[N+](=O)[O-]. The van der Waals surface area contributed by atoms with Crippen LogP contribution >= 0.6 is 11.6 Å². The lowest BCUT2D eigenvalue weighted by Gasteiger charge is -2.16. The number of nitrogens with one attached hydrogen (secondary N) is 2. The molecule has 0 bridgehead atoms. The Kier molecular flexibility index (Phi) is 5.15. The summed E-state index contributed by atoms with van der Waals surface area (Å²) >= 11 is 5.80. The van der Waals surface area contributed by atoms with Gasteiger partial charge in [-0.2, -0.15) is 0 Å². The Balaban J connectivity index is 1.70. The second-order valence-corrected chi connectivity index (χ2v) is 6.11. The van der Waals surface area contributed by atoms with Gasteiger partial charge in [0, 0.05) is 11.1 Å². The van der Waals surface area contributed by atoms with Crippen LogP contribution < -0.4 is 15.8 Å². The number of halogens is 1. The molecule has 0 aromatic heterocycles. The molecule has 2 aromatic carbocycles. The Morgan fingerprint density at radius 1 is 1.15 bits per heavy atom. The van der Waals surface area contributed by atoms with E-state index in [1.54, 1.807) is 12.1 Å². The highest BCUT2D eigenvalue weighted by Crippen LogP contribution is 2.24. The summed E-state index contributed by atoms with van der Waals surface area (Å²) < 4.78 is 0. The molecule has 1 atom stereocenters. The Labute approximate surface area is 158 Å². The van der Waals surface area contributed by atoms with Crippen LogP contribution in [0.2, 0.25) is 5.02 Å². The first-order valence-electron chi connectivity index (χ1n) is 7.80. The molecule has 1 aliphatic heterocycles. The molecular weight excluding hydrogens is 376 g/mol. The van der Waals surface area contributed by atoms with Crippen molar-refractivity contribution in [3.8, 4) is 0 Å². The quantitative estimate of drug-likeness (QED) is 0.457. The fraction of sp³-hybridized carbons (Fsp3) is 0.118. The van der Waals surface area contributed by atoms with Gasteiger partial charge < -0.3 is 0 Å². The molecule has 1 saturated heterocycles. The number of hydrogen-bond acceptors (Lipinski definition) is 6. The number of nitrogens with zero attached hydrogens (tertiary/aromatic N) is 2. The van der Waals surface area contributed by atoms with E-state index in [1.165, 1.54) is 36.4 Å². The maximum absolute atomic E-state index is 12.5. The molecule has 0 saturated carbocycles. The predicted molar refractivity (Wildman–Crippen MR) is 96.0 cm³/mol. The van der Waals surface area contributed by atoms with Crippen LogP contribution in [0.4, 0.5) is 11.4 Å². The highest BCUT2D eigenvalue weighted by molar-refractivity contribution is 6.30. The molecule has 3 rings (SSSR count). The molecule has 9 nitrogen and oxygen atoms in total. The van der Waals surface area contributed by atoms with E-state index in [0.717, 1.165) is 4.90 Å². The first kappa shape index (κ1) is 18.5. The number of anilines is 1. The van der Waals surface area contributed by atoms with E-state index in [4.69, 9.17) is 11.6 Å². The van der Waals surface area contributed by atoms with Crippen LogP contribution in [0, 0.1) is 10.1 Å². The molecule has 0 spiro atoms. The monoisotopic (exact) mass is 388 g/mol. The summed E-state index contributed by atoms with van der Waals surface area (Å²) in [7, 11) is 0. The number of nitro groups is 1. The van der Waals surface area contributed by atoms with E-state index < -0.39 is 28.7 Å². The van der Waals surface area contributed by atoms with E-state index in [9.17, 15) is 24.5 Å². The van der Waals surface area contributed by atoms with Crippen molar-refractivity contribution in [2.75, 3.05) is 4.90 Å². The first-order valence-corrected chi connectivity index (χ1v) is 8.18. The van der Waals surface area contributed by atoms with Crippen LogP contribution in [-0.4, -0.2) is 28.7 Å². The molecule has 10 heteroatoms. The van der Waals surface area contributed by atoms with Crippen molar-refractivity contribution < 1.29 is 19.3 Å². The lowest BCUT2D eigenvalue weighted by atomic mass is 10.2. The maximum Gasteiger partial charge on any atom is 0.282 e. The van der Waals surface area contributed by atoms with E-state index in [1.807, 2.05) is 0 Å². The third-order valence-electron chi connectivity index (χ3n) is 3.94. The number of hydrogen-bond donors (Lipinski definition) is 2. The number of benzene rings is 2. The second kappa shape index (κ2) is 7.52. The summed E-state index contributed by atoms with van der Waals surface area (Å²) in [6.45, 7) is 0. The minimum atomic E-state index is -0.986. The van der Waals surface area contributed by atoms with Crippen molar-refractivity contribution >= 4 is 40.7 Å². The molecule has 2 aromatic rings. The highest BCUT2D eigenvalue weighted by atomic mass is 35.5. The van der Waals surface area contributed by atoms with Gasteiger partial charge in [-0.3, -0.25) is 29.9 Å². The lowest BCUT2D eigenvalue weighted by molar-refractivity contribution is -0.385. The van der Waals surface area contributed by atoms with Crippen molar-refractivity contribution in [1.29, 1.82) is 0 Å². The van der Waals surface area contributed by atoms with Crippen molar-refractivity contribution in [2.45, 2.75) is 12.5 Å². The zero-order valence-electron chi connectivity index (χ0n) is 13.7. The third kappa shape index (κ3) is 3.78. The Bertz CT molecular complexity index is 931. The second-order valence-electron chi connectivity index (χ2n) is 5.67. The predicted octanol–water partition coefficient (Wildman–Crippen LogP) is 1.81. The number of para-hydroxylation sites is 1. The van der Waals surface area contributed by atoms with E-state index >= 15 is 0 Å². The number of carbonyl (C=O) groups excluding carboxylic acids is 3. The Morgan fingerprint density at radius 3 is 2.48 bits per heavy atom. The van der Waals surface area contributed by atoms with E-state index in [-0.39, 0.29) is 17.7 Å². The summed E-state index contributed by atoms with van der Waals surface area (Å²) in [4.78, 5) is 48.2. The summed E-state index contributed by atoms with van der Waals surface area (Å²) in [5, 5.41) is 11.5. The Hall–Kier alpha value is -3.30. The molecular formula is C17H13ClN4O5. The standard InChI is InChI=1S/C17H13ClN4O5/c18-10-5-7-11(8-6-10)21-15(23)9-13(17(21)25)19-20-16(24)12-3-1-2-4-14(12)22(26)27/h1-8,13,19H,9H2,(H,20,24)/t13-/m0/s1. The fourth-order valence-corrected chi connectivity index (χ4v) is 2.78. The number of amides is 3. The number of hydrazine groups is 1. The van der Waals surface area contributed by atoms with Gasteiger partial charge >= 0.3 is 0 Å². The minimum Gasteiger partial charge on any atom is -0.286 e. The van der Waals surface area contributed by atoms with Crippen molar-refractivity contribution in [3.63, 3.8) is 0 Å². The molecule has 138 valence electrons. The molecule has 0 radical (unpaired) electrons. The normalized spacial score (nSPS) is 16.5. The number of carbonyl (C=O) groups is 3. The largest absolute Gasteiger partial charge is 0.286 e. The number of nitro benzene ring substituents is 1. The zero-order valence-corrected chi connectivity index (χ0v) is 14.5. The first-order chi connectivity index (χ1) is 12.9. The van der Waals surface area contributed by atoms with Gasteiger partial charge in [0.1, 0.15) is 11.6 Å². The van der Waals surface area contributed by atoms with Gasteiger partial charge in [-0.15, -0.1) is 0 Å². The van der Waals surface area contributed by atoms with Gasteiger partial charge in [-0.25, -0.2) is 10.3 Å². The van der Waals surface area contributed by atoms with Gasteiger partial charge in [0.2, 0.25) is 5.91 Å².